The van der Waals surface area contributed by atoms with E-state index in [0.29, 0.717) is 21.9 Å². The van der Waals surface area contributed by atoms with Crippen molar-refractivity contribution in [1.82, 2.24) is 0 Å². The standard InChI is InChI=1S/C15H11ClFNO/c1-10-6-13(4-5-15(10)17)19-9-12-3-2-11(8-18)7-14(12)16/h2-7H,9H2,1H3. The molecule has 0 unspecified atom stereocenters. The molecule has 2 aromatic carbocycles. The lowest BCUT2D eigenvalue weighted by molar-refractivity contribution is 0.305. The maximum absolute atomic E-state index is 13.1. The van der Waals surface area contributed by atoms with Crippen LogP contribution in [-0.4, -0.2) is 0 Å². The number of benzene rings is 2. The zero-order valence-electron chi connectivity index (χ0n) is 10.3. The van der Waals surface area contributed by atoms with Gasteiger partial charge in [-0.05, 0) is 42.8 Å². The van der Waals surface area contributed by atoms with Gasteiger partial charge >= 0.3 is 0 Å². The maximum Gasteiger partial charge on any atom is 0.126 e. The molecule has 0 aliphatic rings. The molecule has 0 fully saturated rings. The SMILES string of the molecule is Cc1cc(OCc2ccc(C#N)cc2Cl)ccc1F. The second-order valence-corrected chi connectivity index (χ2v) is 4.52. The van der Waals surface area contributed by atoms with Gasteiger partial charge in [-0.15, -0.1) is 0 Å². The highest BCUT2D eigenvalue weighted by Crippen LogP contribution is 2.21. The van der Waals surface area contributed by atoms with Gasteiger partial charge < -0.3 is 4.74 Å². The van der Waals surface area contributed by atoms with E-state index >= 15 is 0 Å². The third-order valence-electron chi connectivity index (χ3n) is 2.71. The Balaban J connectivity index is 2.10. The summed E-state index contributed by atoms with van der Waals surface area (Å²) in [5, 5.41) is 9.23. The Morgan fingerprint density at radius 2 is 2.05 bits per heavy atom. The molecule has 0 aromatic heterocycles. The number of rotatable bonds is 3. The van der Waals surface area contributed by atoms with E-state index in [1.54, 1.807) is 37.3 Å². The van der Waals surface area contributed by atoms with Crippen molar-refractivity contribution in [2.24, 2.45) is 0 Å². The van der Waals surface area contributed by atoms with E-state index < -0.39 is 0 Å². The molecule has 0 aliphatic carbocycles. The van der Waals surface area contributed by atoms with Crippen LogP contribution in [0.2, 0.25) is 5.02 Å². The van der Waals surface area contributed by atoms with Crippen LogP contribution in [0.4, 0.5) is 4.39 Å². The smallest absolute Gasteiger partial charge is 0.126 e. The molecule has 0 atom stereocenters. The number of ether oxygens (including phenoxy) is 1. The normalized spacial score (nSPS) is 10.0. The van der Waals surface area contributed by atoms with Crippen molar-refractivity contribution in [2.45, 2.75) is 13.5 Å². The van der Waals surface area contributed by atoms with Crippen molar-refractivity contribution in [1.29, 1.82) is 5.26 Å². The van der Waals surface area contributed by atoms with E-state index in [1.165, 1.54) is 6.07 Å². The molecule has 0 saturated heterocycles. The number of halogens is 2. The van der Waals surface area contributed by atoms with E-state index in [9.17, 15) is 4.39 Å². The Kier molecular flexibility index (Phi) is 4.03. The minimum Gasteiger partial charge on any atom is -0.489 e. The largest absolute Gasteiger partial charge is 0.489 e. The first-order valence-electron chi connectivity index (χ1n) is 5.67. The summed E-state index contributed by atoms with van der Waals surface area (Å²) >= 11 is 6.04. The van der Waals surface area contributed by atoms with E-state index in [4.69, 9.17) is 21.6 Å². The van der Waals surface area contributed by atoms with Gasteiger partial charge in [0.05, 0.1) is 11.6 Å². The van der Waals surface area contributed by atoms with Crippen LogP contribution in [-0.2, 0) is 6.61 Å². The van der Waals surface area contributed by atoms with Crippen molar-refractivity contribution >= 4 is 11.6 Å². The third-order valence-corrected chi connectivity index (χ3v) is 3.06. The van der Waals surface area contributed by atoms with E-state index in [0.717, 1.165) is 5.56 Å². The van der Waals surface area contributed by atoms with Crippen molar-refractivity contribution in [3.05, 3.63) is 63.9 Å². The zero-order valence-corrected chi connectivity index (χ0v) is 11.0. The zero-order chi connectivity index (χ0) is 13.8. The maximum atomic E-state index is 13.1. The summed E-state index contributed by atoms with van der Waals surface area (Å²) in [5.41, 5.74) is 1.82. The average Bonchev–Trinajstić information content (AvgIpc) is 2.41. The molecule has 2 nitrogen and oxygen atoms in total. The van der Waals surface area contributed by atoms with Crippen LogP contribution in [0.1, 0.15) is 16.7 Å². The molecule has 0 amide bonds. The van der Waals surface area contributed by atoms with Crippen LogP contribution < -0.4 is 4.74 Å². The summed E-state index contributed by atoms with van der Waals surface area (Å²) in [6.07, 6.45) is 0. The fraction of sp³-hybridized carbons (Fsp3) is 0.133. The Hall–Kier alpha value is -2.05. The topological polar surface area (TPSA) is 33.0 Å². The molecular formula is C15H11ClFNO. The van der Waals surface area contributed by atoms with Crippen LogP contribution in [0.5, 0.6) is 5.75 Å². The van der Waals surface area contributed by atoms with Crippen molar-refractivity contribution in [2.75, 3.05) is 0 Å². The fourth-order valence-corrected chi connectivity index (χ4v) is 1.84. The molecular weight excluding hydrogens is 265 g/mol. The number of aryl methyl sites for hydroxylation is 1. The van der Waals surface area contributed by atoms with Gasteiger partial charge in [0.25, 0.3) is 0 Å². The van der Waals surface area contributed by atoms with Gasteiger partial charge in [0.2, 0.25) is 0 Å². The van der Waals surface area contributed by atoms with Gasteiger partial charge in [-0.2, -0.15) is 5.26 Å². The predicted octanol–water partition coefficient (Wildman–Crippen LogP) is 4.24. The molecule has 0 N–H and O–H groups in total. The van der Waals surface area contributed by atoms with Crippen LogP contribution >= 0.6 is 11.6 Å². The van der Waals surface area contributed by atoms with E-state index in [2.05, 4.69) is 0 Å². The molecule has 0 aliphatic heterocycles. The molecule has 4 heteroatoms. The number of nitrogens with zero attached hydrogens (tertiary/aromatic N) is 1. The molecule has 0 saturated carbocycles. The molecule has 96 valence electrons. The Bertz CT molecular complexity index is 649. The summed E-state index contributed by atoms with van der Waals surface area (Å²) in [4.78, 5) is 0. The Labute approximate surface area is 116 Å². The summed E-state index contributed by atoms with van der Waals surface area (Å²) in [6, 6.07) is 11.6. The lowest BCUT2D eigenvalue weighted by Gasteiger charge is -2.09. The highest BCUT2D eigenvalue weighted by molar-refractivity contribution is 6.31. The number of nitriles is 1. The quantitative estimate of drug-likeness (QED) is 0.839. The highest BCUT2D eigenvalue weighted by Gasteiger charge is 2.04. The molecule has 19 heavy (non-hydrogen) atoms. The molecule has 2 rings (SSSR count). The van der Waals surface area contributed by atoms with E-state index in [-0.39, 0.29) is 12.4 Å². The lowest BCUT2D eigenvalue weighted by atomic mass is 10.1. The van der Waals surface area contributed by atoms with Gasteiger partial charge in [-0.3, -0.25) is 0 Å². The van der Waals surface area contributed by atoms with Gasteiger partial charge in [-0.1, -0.05) is 17.7 Å². The minimum absolute atomic E-state index is 0.260. The lowest BCUT2D eigenvalue weighted by Crippen LogP contribution is -1.97. The summed E-state index contributed by atoms with van der Waals surface area (Å²) in [6.45, 7) is 1.95. The van der Waals surface area contributed by atoms with Gasteiger partial charge in [0.15, 0.2) is 0 Å². The van der Waals surface area contributed by atoms with E-state index in [1.807, 2.05) is 6.07 Å². The van der Waals surface area contributed by atoms with Crippen molar-refractivity contribution < 1.29 is 9.13 Å². The molecule has 0 heterocycles. The second-order valence-electron chi connectivity index (χ2n) is 4.12. The highest BCUT2D eigenvalue weighted by atomic mass is 35.5. The Morgan fingerprint density at radius 1 is 1.26 bits per heavy atom. The third kappa shape index (κ3) is 3.24. The van der Waals surface area contributed by atoms with Crippen LogP contribution in [0.15, 0.2) is 36.4 Å². The monoisotopic (exact) mass is 275 g/mol. The first kappa shape index (κ1) is 13.4. The minimum atomic E-state index is -0.260. The van der Waals surface area contributed by atoms with Crippen molar-refractivity contribution in [3.8, 4) is 11.8 Å². The summed E-state index contributed by atoms with van der Waals surface area (Å²) < 4.78 is 18.7. The number of hydrogen-bond donors (Lipinski definition) is 0. The first-order chi connectivity index (χ1) is 9.10. The van der Waals surface area contributed by atoms with Crippen LogP contribution in [0.25, 0.3) is 0 Å². The second kappa shape index (κ2) is 5.73. The predicted molar refractivity (Wildman–Crippen MR) is 71.6 cm³/mol. The fourth-order valence-electron chi connectivity index (χ4n) is 1.60. The Morgan fingerprint density at radius 3 is 2.68 bits per heavy atom. The number of hydrogen-bond acceptors (Lipinski definition) is 2. The summed E-state index contributed by atoms with van der Waals surface area (Å²) in [7, 11) is 0. The van der Waals surface area contributed by atoms with Gasteiger partial charge in [0.1, 0.15) is 18.2 Å². The van der Waals surface area contributed by atoms with Crippen LogP contribution in [0.3, 0.4) is 0 Å². The average molecular weight is 276 g/mol. The first-order valence-corrected chi connectivity index (χ1v) is 6.05. The van der Waals surface area contributed by atoms with Crippen molar-refractivity contribution in [3.63, 3.8) is 0 Å². The molecule has 0 radical (unpaired) electrons. The van der Waals surface area contributed by atoms with Gasteiger partial charge in [0, 0.05) is 10.6 Å². The van der Waals surface area contributed by atoms with Crippen LogP contribution in [0, 0.1) is 24.1 Å². The molecule has 0 spiro atoms. The van der Waals surface area contributed by atoms with Gasteiger partial charge in [-0.25, -0.2) is 4.39 Å². The molecule has 2 aromatic rings. The molecule has 0 bridgehead atoms. The summed E-state index contributed by atoms with van der Waals surface area (Å²) in [5.74, 6) is 0.322.